The summed E-state index contributed by atoms with van der Waals surface area (Å²) < 4.78 is 6.10. The van der Waals surface area contributed by atoms with Crippen LogP contribution in [0.25, 0.3) is 0 Å². The summed E-state index contributed by atoms with van der Waals surface area (Å²) >= 11 is 0. The lowest BCUT2D eigenvalue weighted by molar-refractivity contribution is -0.153. The molecule has 0 aromatic heterocycles. The van der Waals surface area contributed by atoms with E-state index in [1.54, 1.807) is 0 Å². The van der Waals surface area contributed by atoms with E-state index in [0.29, 0.717) is 5.60 Å². The van der Waals surface area contributed by atoms with Gasteiger partial charge in [0.15, 0.2) is 0 Å². The van der Waals surface area contributed by atoms with Gasteiger partial charge in [-0.05, 0) is 71.5 Å². The maximum absolute atomic E-state index is 6.10. The second kappa shape index (κ2) is 6.11. The molecule has 0 aromatic carbocycles. The summed E-state index contributed by atoms with van der Waals surface area (Å²) in [6, 6.07) is 1.62. The van der Waals surface area contributed by atoms with Crippen LogP contribution < -0.4 is 5.32 Å². The minimum absolute atomic E-state index is 0.300. The van der Waals surface area contributed by atoms with Crippen molar-refractivity contribution in [3.8, 4) is 0 Å². The minimum Gasteiger partial charge on any atom is -0.375 e. The van der Waals surface area contributed by atoms with Gasteiger partial charge in [0, 0.05) is 18.7 Å². The van der Waals surface area contributed by atoms with E-state index in [0.717, 1.165) is 25.2 Å². The quantitative estimate of drug-likeness (QED) is 0.846. The van der Waals surface area contributed by atoms with Crippen molar-refractivity contribution < 1.29 is 4.74 Å². The molecule has 2 aliphatic heterocycles. The molecule has 2 unspecified atom stereocenters. The minimum atomic E-state index is 0.300. The Bertz CT molecular complexity index is 290. The smallest absolute Gasteiger partial charge is 0.0697 e. The highest BCUT2D eigenvalue weighted by Crippen LogP contribution is 2.44. The van der Waals surface area contributed by atoms with Crippen molar-refractivity contribution in [3.05, 3.63) is 0 Å². The van der Waals surface area contributed by atoms with Gasteiger partial charge in [-0.3, -0.25) is 4.90 Å². The summed E-state index contributed by atoms with van der Waals surface area (Å²) in [6.45, 7) is 3.49. The molecule has 0 amide bonds. The van der Waals surface area contributed by atoms with Crippen LogP contribution in [0.2, 0.25) is 0 Å². The zero-order valence-electron chi connectivity index (χ0n) is 12.5. The lowest BCUT2D eigenvalue weighted by Gasteiger charge is -2.52. The molecule has 110 valence electrons. The fourth-order valence-corrected chi connectivity index (χ4v) is 4.33. The molecule has 1 N–H and O–H groups in total. The van der Waals surface area contributed by atoms with Crippen LogP contribution in [-0.4, -0.2) is 49.3 Å². The Morgan fingerprint density at radius 3 is 2.84 bits per heavy atom. The monoisotopic (exact) mass is 266 g/mol. The molecular weight excluding hydrogens is 236 g/mol. The molecule has 3 heteroatoms. The third kappa shape index (κ3) is 2.98. The molecule has 1 spiro atoms. The SMILES string of the molecule is CNCCC1CCCCN1C1CCOC2(CCC2)C1. The number of nitrogens with zero attached hydrogens (tertiary/aromatic N) is 1. The van der Waals surface area contributed by atoms with Crippen molar-refractivity contribution in [3.63, 3.8) is 0 Å². The van der Waals surface area contributed by atoms with Crippen LogP contribution >= 0.6 is 0 Å². The van der Waals surface area contributed by atoms with E-state index in [9.17, 15) is 0 Å². The number of ether oxygens (including phenoxy) is 1. The molecule has 3 fully saturated rings. The Kier molecular flexibility index (Phi) is 4.45. The van der Waals surface area contributed by atoms with E-state index in [1.807, 2.05) is 0 Å². The highest BCUT2D eigenvalue weighted by Gasteiger charge is 2.44. The normalized spacial score (nSPS) is 35.2. The lowest BCUT2D eigenvalue weighted by atomic mass is 9.73. The first kappa shape index (κ1) is 13.8. The van der Waals surface area contributed by atoms with E-state index in [-0.39, 0.29) is 0 Å². The first-order chi connectivity index (χ1) is 9.33. The van der Waals surface area contributed by atoms with Crippen molar-refractivity contribution >= 4 is 0 Å². The Balaban J connectivity index is 1.61. The number of piperidine rings is 1. The Morgan fingerprint density at radius 2 is 2.11 bits per heavy atom. The summed E-state index contributed by atoms with van der Waals surface area (Å²) in [4.78, 5) is 2.85. The fraction of sp³-hybridized carbons (Fsp3) is 1.00. The molecule has 1 aliphatic carbocycles. The van der Waals surface area contributed by atoms with Crippen LogP contribution in [0.1, 0.15) is 57.8 Å². The zero-order valence-corrected chi connectivity index (χ0v) is 12.5. The van der Waals surface area contributed by atoms with Gasteiger partial charge in [0.05, 0.1) is 5.60 Å². The zero-order chi connectivity index (χ0) is 13.1. The van der Waals surface area contributed by atoms with Crippen LogP contribution in [0.3, 0.4) is 0 Å². The highest BCUT2D eigenvalue weighted by molar-refractivity contribution is 4.98. The molecule has 3 aliphatic rings. The average molecular weight is 266 g/mol. The second-order valence-corrected chi connectivity index (χ2v) is 6.81. The van der Waals surface area contributed by atoms with Crippen molar-refractivity contribution in [1.82, 2.24) is 10.2 Å². The van der Waals surface area contributed by atoms with Gasteiger partial charge in [0.1, 0.15) is 0 Å². The van der Waals surface area contributed by atoms with Gasteiger partial charge < -0.3 is 10.1 Å². The van der Waals surface area contributed by atoms with Crippen LogP contribution in [0.15, 0.2) is 0 Å². The van der Waals surface area contributed by atoms with Gasteiger partial charge in [0.25, 0.3) is 0 Å². The number of hydrogen-bond acceptors (Lipinski definition) is 3. The Hall–Kier alpha value is -0.120. The molecule has 19 heavy (non-hydrogen) atoms. The van der Waals surface area contributed by atoms with Gasteiger partial charge in [-0.2, -0.15) is 0 Å². The maximum atomic E-state index is 6.10. The number of hydrogen-bond donors (Lipinski definition) is 1. The predicted molar refractivity (Wildman–Crippen MR) is 78.4 cm³/mol. The van der Waals surface area contributed by atoms with Crippen LogP contribution in [0, 0.1) is 0 Å². The van der Waals surface area contributed by atoms with Gasteiger partial charge in [-0.15, -0.1) is 0 Å². The molecule has 0 aromatic rings. The largest absolute Gasteiger partial charge is 0.375 e. The number of likely N-dealkylation sites (tertiary alicyclic amines) is 1. The van der Waals surface area contributed by atoms with Crippen LogP contribution in [0.4, 0.5) is 0 Å². The third-order valence-corrected chi connectivity index (χ3v) is 5.60. The second-order valence-electron chi connectivity index (χ2n) is 6.81. The number of nitrogens with one attached hydrogen (secondary N) is 1. The van der Waals surface area contributed by atoms with Crippen LogP contribution in [0.5, 0.6) is 0 Å². The molecule has 3 nitrogen and oxygen atoms in total. The third-order valence-electron chi connectivity index (χ3n) is 5.60. The maximum Gasteiger partial charge on any atom is 0.0697 e. The van der Waals surface area contributed by atoms with Gasteiger partial charge in [-0.1, -0.05) is 6.42 Å². The molecule has 3 rings (SSSR count). The fourth-order valence-electron chi connectivity index (χ4n) is 4.33. The van der Waals surface area contributed by atoms with E-state index >= 15 is 0 Å². The van der Waals surface area contributed by atoms with E-state index in [2.05, 4.69) is 17.3 Å². The van der Waals surface area contributed by atoms with Gasteiger partial charge >= 0.3 is 0 Å². The van der Waals surface area contributed by atoms with Crippen molar-refractivity contribution in [2.75, 3.05) is 26.7 Å². The Labute approximate surface area is 118 Å². The van der Waals surface area contributed by atoms with E-state index in [1.165, 1.54) is 64.3 Å². The molecule has 2 heterocycles. The first-order valence-corrected chi connectivity index (χ1v) is 8.37. The average Bonchev–Trinajstić information content (AvgIpc) is 2.44. The summed E-state index contributed by atoms with van der Waals surface area (Å²) in [6.07, 6.45) is 12.2. The predicted octanol–water partition coefficient (Wildman–Crippen LogP) is 2.55. The molecule has 0 bridgehead atoms. The first-order valence-electron chi connectivity index (χ1n) is 8.37. The topological polar surface area (TPSA) is 24.5 Å². The standard InChI is InChI=1S/C16H30N2O/c1-17-10-6-14-5-2-3-11-18(14)15-7-12-19-16(13-15)8-4-9-16/h14-15,17H,2-13H2,1H3. The van der Waals surface area contributed by atoms with Crippen molar-refractivity contribution in [2.24, 2.45) is 0 Å². The van der Waals surface area contributed by atoms with E-state index in [4.69, 9.17) is 4.74 Å². The summed E-state index contributed by atoms with van der Waals surface area (Å²) in [5, 5.41) is 3.33. The molecular formula is C16H30N2O. The Morgan fingerprint density at radius 1 is 1.21 bits per heavy atom. The lowest BCUT2D eigenvalue weighted by Crippen LogP contribution is -2.55. The highest BCUT2D eigenvalue weighted by atomic mass is 16.5. The van der Waals surface area contributed by atoms with Gasteiger partial charge in [0.2, 0.25) is 0 Å². The summed E-state index contributed by atoms with van der Waals surface area (Å²) in [7, 11) is 2.07. The molecule has 1 saturated carbocycles. The summed E-state index contributed by atoms with van der Waals surface area (Å²) in [5.74, 6) is 0. The van der Waals surface area contributed by atoms with Crippen molar-refractivity contribution in [1.29, 1.82) is 0 Å². The van der Waals surface area contributed by atoms with Crippen LogP contribution in [-0.2, 0) is 4.74 Å². The van der Waals surface area contributed by atoms with Crippen molar-refractivity contribution in [2.45, 2.75) is 75.5 Å². The molecule has 2 atom stereocenters. The van der Waals surface area contributed by atoms with Gasteiger partial charge in [-0.25, -0.2) is 0 Å². The molecule has 0 radical (unpaired) electrons. The number of rotatable bonds is 4. The summed E-state index contributed by atoms with van der Waals surface area (Å²) in [5.41, 5.74) is 0.300. The van der Waals surface area contributed by atoms with E-state index < -0.39 is 0 Å². The molecule has 2 saturated heterocycles.